The van der Waals surface area contributed by atoms with Crippen molar-refractivity contribution in [2.75, 3.05) is 30.5 Å². The summed E-state index contributed by atoms with van der Waals surface area (Å²) in [5.74, 6) is -2.71. The van der Waals surface area contributed by atoms with Gasteiger partial charge in [-0.15, -0.1) is 0 Å². The number of nitrogens with one attached hydrogen (secondary N) is 1. The lowest BCUT2D eigenvalue weighted by molar-refractivity contribution is -0.151. The average Bonchev–Trinajstić information content (AvgIpc) is 3.19. The minimum atomic E-state index is -0.703. The van der Waals surface area contributed by atoms with Crippen molar-refractivity contribution in [3.8, 4) is 0 Å². The Hall–Kier alpha value is -4.01. The zero-order chi connectivity index (χ0) is 23.3. The van der Waals surface area contributed by atoms with Crippen molar-refractivity contribution >= 4 is 40.9 Å². The van der Waals surface area contributed by atoms with Crippen molar-refractivity contribution in [1.29, 1.82) is 0 Å². The standard InChI is InChI=1S/C23H22N2O7/c1-14(26)15-3-7-18(8-4-15)24-20(27)13-32-23(30)17-11-21(28)25(12-17)19-9-5-16(6-10-19)22(29)31-2/h3-10,17H,11-13H2,1-2H3,(H,24,27)/t17-/m0/s1. The van der Waals surface area contributed by atoms with Gasteiger partial charge in [0.25, 0.3) is 5.91 Å². The van der Waals surface area contributed by atoms with E-state index in [0.29, 0.717) is 22.5 Å². The number of hydrogen-bond acceptors (Lipinski definition) is 7. The van der Waals surface area contributed by atoms with E-state index in [-0.39, 0.29) is 24.7 Å². The van der Waals surface area contributed by atoms with Crippen LogP contribution in [0.3, 0.4) is 0 Å². The highest BCUT2D eigenvalue weighted by Crippen LogP contribution is 2.26. The molecule has 0 radical (unpaired) electrons. The summed E-state index contributed by atoms with van der Waals surface area (Å²) in [7, 11) is 1.28. The van der Waals surface area contributed by atoms with E-state index in [9.17, 15) is 24.0 Å². The molecule has 0 unspecified atom stereocenters. The molecule has 2 amide bonds. The van der Waals surface area contributed by atoms with E-state index in [4.69, 9.17) is 4.74 Å². The highest BCUT2D eigenvalue weighted by atomic mass is 16.5. The number of methoxy groups -OCH3 is 1. The molecular formula is C23H22N2O7. The Labute approximate surface area is 184 Å². The zero-order valence-electron chi connectivity index (χ0n) is 17.6. The highest BCUT2D eigenvalue weighted by molar-refractivity contribution is 6.00. The number of ether oxygens (including phenoxy) is 2. The summed E-state index contributed by atoms with van der Waals surface area (Å²) in [6.07, 6.45) is -0.0360. The van der Waals surface area contributed by atoms with Gasteiger partial charge in [-0.05, 0) is 55.5 Å². The second-order valence-electron chi connectivity index (χ2n) is 7.23. The molecule has 9 heteroatoms. The molecule has 32 heavy (non-hydrogen) atoms. The summed E-state index contributed by atoms with van der Waals surface area (Å²) in [5, 5.41) is 2.57. The number of carbonyl (C=O) groups excluding carboxylic acids is 5. The first kappa shape index (κ1) is 22.7. The Bertz CT molecular complexity index is 1050. The maximum absolute atomic E-state index is 12.3. The van der Waals surface area contributed by atoms with Crippen molar-refractivity contribution in [2.24, 2.45) is 5.92 Å². The molecule has 1 heterocycles. The van der Waals surface area contributed by atoms with E-state index >= 15 is 0 Å². The first-order valence-electron chi connectivity index (χ1n) is 9.84. The van der Waals surface area contributed by atoms with Crippen LogP contribution in [0, 0.1) is 5.92 Å². The van der Waals surface area contributed by atoms with Crippen LogP contribution in [-0.4, -0.2) is 49.8 Å². The Morgan fingerprint density at radius 3 is 2.22 bits per heavy atom. The zero-order valence-corrected chi connectivity index (χ0v) is 17.6. The third-order valence-corrected chi connectivity index (χ3v) is 4.98. The molecule has 2 aromatic rings. The molecule has 1 fully saturated rings. The predicted molar refractivity (Wildman–Crippen MR) is 114 cm³/mol. The molecular weight excluding hydrogens is 416 g/mol. The molecule has 0 aromatic heterocycles. The molecule has 1 atom stereocenters. The lowest BCUT2D eigenvalue weighted by Crippen LogP contribution is -2.28. The van der Waals surface area contributed by atoms with Crippen LogP contribution in [0.25, 0.3) is 0 Å². The van der Waals surface area contributed by atoms with Gasteiger partial charge in [0, 0.05) is 29.9 Å². The van der Waals surface area contributed by atoms with Crippen LogP contribution < -0.4 is 10.2 Å². The summed E-state index contributed by atoms with van der Waals surface area (Å²) in [6, 6.07) is 12.6. The van der Waals surface area contributed by atoms with Crippen molar-refractivity contribution in [2.45, 2.75) is 13.3 Å². The average molecular weight is 438 g/mol. The molecule has 0 saturated carbocycles. The van der Waals surface area contributed by atoms with E-state index in [1.54, 1.807) is 36.4 Å². The number of benzene rings is 2. The number of rotatable bonds is 7. The maximum Gasteiger partial charge on any atom is 0.337 e. The molecule has 1 saturated heterocycles. The fourth-order valence-electron chi connectivity index (χ4n) is 3.25. The molecule has 3 rings (SSSR count). The number of Topliss-reactive ketones (excluding diaryl/α,β-unsaturated/α-hetero) is 1. The quantitative estimate of drug-likeness (QED) is 0.520. The van der Waals surface area contributed by atoms with Crippen molar-refractivity contribution in [3.63, 3.8) is 0 Å². The smallest absolute Gasteiger partial charge is 0.337 e. The van der Waals surface area contributed by atoms with Gasteiger partial charge in [-0.3, -0.25) is 19.2 Å². The van der Waals surface area contributed by atoms with Gasteiger partial charge in [0.2, 0.25) is 5.91 Å². The topological polar surface area (TPSA) is 119 Å². The highest BCUT2D eigenvalue weighted by Gasteiger charge is 2.36. The Kier molecular flexibility index (Phi) is 6.99. The van der Waals surface area contributed by atoms with Gasteiger partial charge in [0.15, 0.2) is 12.4 Å². The fraction of sp³-hybridized carbons (Fsp3) is 0.261. The summed E-state index contributed by atoms with van der Waals surface area (Å²) < 4.78 is 9.72. The van der Waals surface area contributed by atoms with E-state index in [1.807, 2.05) is 0 Å². The molecule has 1 aliphatic heterocycles. The summed E-state index contributed by atoms with van der Waals surface area (Å²) in [4.78, 5) is 61.0. The molecule has 0 aliphatic carbocycles. The van der Waals surface area contributed by atoms with Gasteiger partial charge in [-0.1, -0.05) is 0 Å². The number of amides is 2. The predicted octanol–water partition coefficient (Wildman–Crippen LogP) is 2.21. The van der Waals surface area contributed by atoms with Crippen LogP contribution in [0.2, 0.25) is 0 Å². The SMILES string of the molecule is COC(=O)c1ccc(N2C[C@@H](C(=O)OCC(=O)Nc3ccc(C(C)=O)cc3)CC2=O)cc1. The number of esters is 2. The second-order valence-corrected chi connectivity index (χ2v) is 7.23. The lowest BCUT2D eigenvalue weighted by atomic mass is 10.1. The van der Waals surface area contributed by atoms with E-state index in [1.165, 1.54) is 31.1 Å². The summed E-state index contributed by atoms with van der Waals surface area (Å²) >= 11 is 0. The lowest BCUT2D eigenvalue weighted by Gasteiger charge is -2.16. The molecule has 0 spiro atoms. The van der Waals surface area contributed by atoms with E-state index < -0.39 is 30.4 Å². The number of ketones is 1. The van der Waals surface area contributed by atoms with Crippen molar-refractivity contribution < 1.29 is 33.4 Å². The summed E-state index contributed by atoms with van der Waals surface area (Å²) in [6.45, 7) is 1.06. The molecule has 0 bridgehead atoms. The van der Waals surface area contributed by atoms with Crippen LogP contribution in [0.4, 0.5) is 11.4 Å². The Morgan fingerprint density at radius 2 is 1.62 bits per heavy atom. The number of hydrogen-bond donors (Lipinski definition) is 1. The minimum Gasteiger partial charge on any atom is -0.465 e. The third kappa shape index (κ3) is 5.37. The molecule has 1 aliphatic rings. The minimum absolute atomic E-state index is 0.0360. The van der Waals surface area contributed by atoms with Crippen LogP contribution >= 0.6 is 0 Å². The molecule has 166 valence electrons. The Balaban J connectivity index is 1.51. The Morgan fingerprint density at radius 1 is 1.00 bits per heavy atom. The maximum atomic E-state index is 12.3. The van der Waals surface area contributed by atoms with Gasteiger partial charge >= 0.3 is 11.9 Å². The fourth-order valence-corrected chi connectivity index (χ4v) is 3.25. The van der Waals surface area contributed by atoms with Gasteiger partial charge in [0.05, 0.1) is 18.6 Å². The number of anilines is 2. The molecule has 2 aromatic carbocycles. The largest absolute Gasteiger partial charge is 0.465 e. The number of carbonyl (C=O) groups is 5. The van der Waals surface area contributed by atoms with E-state index in [0.717, 1.165) is 0 Å². The number of nitrogens with zero attached hydrogens (tertiary/aromatic N) is 1. The normalized spacial score (nSPS) is 15.2. The summed E-state index contributed by atoms with van der Waals surface area (Å²) in [5.41, 5.74) is 1.88. The second kappa shape index (κ2) is 9.86. The van der Waals surface area contributed by atoms with Crippen molar-refractivity contribution in [3.05, 3.63) is 59.7 Å². The monoisotopic (exact) mass is 438 g/mol. The van der Waals surface area contributed by atoms with Crippen LogP contribution in [0.1, 0.15) is 34.1 Å². The first-order chi connectivity index (χ1) is 15.3. The van der Waals surface area contributed by atoms with Crippen LogP contribution in [0.5, 0.6) is 0 Å². The van der Waals surface area contributed by atoms with Gasteiger partial charge in [-0.25, -0.2) is 4.79 Å². The van der Waals surface area contributed by atoms with Crippen LogP contribution in [0.15, 0.2) is 48.5 Å². The van der Waals surface area contributed by atoms with Gasteiger partial charge < -0.3 is 19.7 Å². The molecule has 1 N–H and O–H groups in total. The first-order valence-corrected chi connectivity index (χ1v) is 9.84. The van der Waals surface area contributed by atoms with E-state index in [2.05, 4.69) is 10.1 Å². The van der Waals surface area contributed by atoms with Crippen molar-refractivity contribution in [1.82, 2.24) is 0 Å². The van der Waals surface area contributed by atoms with Crippen LogP contribution in [-0.2, 0) is 23.9 Å². The third-order valence-electron chi connectivity index (χ3n) is 4.98. The van der Waals surface area contributed by atoms with Gasteiger partial charge in [0.1, 0.15) is 0 Å². The van der Waals surface area contributed by atoms with Gasteiger partial charge in [-0.2, -0.15) is 0 Å². The molecule has 9 nitrogen and oxygen atoms in total.